The minimum atomic E-state index is -0.423. The highest BCUT2D eigenvalue weighted by Gasteiger charge is 2.26. The topological polar surface area (TPSA) is 69.2 Å². The maximum Gasteiger partial charge on any atom is 0.270 e. The second-order valence-corrected chi connectivity index (χ2v) is 5.61. The molecule has 1 unspecified atom stereocenters. The molecule has 4 nitrogen and oxygen atoms in total. The fourth-order valence-corrected chi connectivity index (χ4v) is 3.36. The predicted molar refractivity (Wildman–Crippen MR) is 76.5 cm³/mol. The molecule has 1 fully saturated rings. The van der Waals surface area contributed by atoms with Gasteiger partial charge in [0.2, 0.25) is 0 Å². The summed E-state index contributed by atoms with van der Waals surface area (Å²) in [6.45, 7) is 0.544. The van der Waals surface area contributed by atoms with Crippen molar-refractivity contribution in [1.82, 2.24) is 0 Å². The van der Waals surface area contributed by atoms with E-state index in [0.29, 0.717) is 17.5 Å². The van der Waals surface area contributed by atoms with Gasteiger partial charge in [0, 0.05) is 18.1 Å². The lowest BCUT2D eigenvalue weighted by Gasteiger charge is -2.30. The van der Waals surface area contributed by atoms with E-state index in [9.17, 15) is 10.1 Å². The quantitative estimate of drug-likeness (QED) is 0.673. The van der Waals surface area contributed by atoms with Gasteiger partial charge in [0.15, 0.2) is 0 Å². The molecule has 19 heavy (non-hydrogen) atoms. The minimum Gasteiger partial charge on any atom is -0.330 e. The molecule has 0 aromatic heterocycles. The lowest BCUT2D eigenvalue weighted by molar-refractivity contribution is -0.384. The summed E-state index contributed by atoms with van der Waals surface area (Å²) in [6.07, 6.45) is 6.13. The Bertz CT molecular complexity index is 459. The Morgan fingerprint density at radius 1 is 1.37 bits per heavy atom. The Kier molecular flexibility index (Phi) is 4.77. The Morgan fingerprint density at radius 3 is 2.58 bits per heavy atom. The molecular formula is C14H19ClN2O2. The van der Waals surface area contributed by atoms with Gasteiger partial charge in [-0.25, -0.2) is 0 Å². The largest absolute Gasteiger partial charge is 0.330 e. The normalized spacial score (nSPS) is 18.2. The number of benzene rings is 1. The van der Waals surface area contributed by atoms with Crippen molar-refractivity contribution in [3.05, 3.63) is 38.9 Å². The molecule has 0 saturated heterocycles. The first kappa shape index (κ1) is 14.3. The highest BCUT2D eigenvalue weighted by Crippen LogP contribution is 2.38. The number of halogens is 1. The number of nitro benzene ring substituents is 1. The van der Waals surface area contributed by atoms with Gasteiger partial charge in [-0.3, -0.25) is 10.1 Å². The third kappa shape index (κ3) is 3.25. The van der Waals surface area contributed by atoms with E-state index in [1.54, 1.807) is 6.07 Å². The van der Waals surface area contributed by atoms with Crippen LogP contribution in [0.1, 0.15) is 43.6 Å². The van der Waals surface area contributed by atoms with Crippen molar-refractivity contribution >= 4 is 17.3 Å². The Morgan fingerprint density at radius 2 is 2.05 bits per heavy atom. The molecule has 0 bridgehead atoms. The van der Waals surface area contributed by atoms with E-state index in [0.717, 1.165) is 5.56 Å². The molecule has 1 aliphatic rings. The highest BCUT2D eigenvalue weighted by molar-refractivity contribution is 6.31. The molecule has 0 amide bonds. The molecule has 1 aromatic rings. The van der Waals surface area contributed by atoms with Crippen LogP contribution in [0.15, 0.2) is 18.2 Å². The molecule has 104 valence electrons. The number of nitrogens with two attached hydrogens (primary N) is 1. The summed E-state index contributed by atoms with van der Waals surface area (Å²) in [4.78, 5) is 10.3. The summed E-state index contributed by atoms with van der Waals surface area (Å²) < 4.78 is 0. The molecule has 2 rings (SSSR count). The summed E-state index contributed by atoms with van der Waals surface area (Å²) in [5.74, 6) is 0.770. The Labute approximate surface area is 118 Å². The third-order valence-corrected chi connectivity index (χ3v) is 4.39. The Hall–Kier alpha value is -1.13. The van der Waals surface area contributed by atoms with E-state index in [1.165, 1.54) is 44.2 Å². The average molecular weight is 283 g/mol. The van der Waals surface area contributed by atoms with Gasteiger partial charge in [0.25, 0.3) is 5.69 Å². The molecule has 0 radical (unpaired) electrons. The van der Waals surface area contributed by atoms with Crippen molar-refractivity contribution in [1.29, 1.82) is 0 Å². The Balaban J connectivity index is 2.24. The van der Waals surface area contributed by atoms with Crippen molar-refractivity contribution in [2.24, 2.45) is 11.7 Å². The van der Waals surface area contributed by atoms with Gasteiger partial charge in [0.1, 0.15) is 0 Å². The van der Waals surface area contributed by atoms with E-state index >= 15 is 0 Å². The maximum absolute atomic E-state index is 10.7. The zero-order chi connectivity index (χ0) is 13.8. The fraction of sp³-hybridized carbons (Fsp3) is 0.571. The molecule has 2 N–H and O–H groups in total. The molecule has 1 saturated carbocycles. The van der Waals surface area contributed by atoms with Crippen molar-refractivity contribution in [2.45, 2.75) is 38.0 Å². The van der Waals surface area contributed by atoms with Crippen molar-refractivity contribution in [3.63, 3.8) is 0 Å². The molecular weight excluding hydrogens is 264 g/mol. The monoisotopic (exact) mass is 282 g/mol. The van der Waals surface area contributed by atoms with E-state index < -0.39 is 4.92 Å². The smallest absolute Gasteiger partial charge is 0.270 e. The van der Waals surface area contributed by atoms with Crippen LogP contribution in [0.4, 0.5) is 5.69 Å². The first-order valence-electron chi connectivity index (χ1n) is 6.77. The number of rotatable bonds is 4. The summed E-state index contributed by atoms with van der Waals surface area (Å²) in [6, 6.07) is 4.72. The molecule has 1 aromatic carbocycles. The number of hydrogen-bond acceptors (Lipinski definition) is 3. The first-order valence-corrected chi connectivity index (χ1v) is 7.15. The van der Waals surface area contributed by atoms with Gasteiger partial charge in [-0.2, -0.15) is 0 Å². The summed E-state index contributed by atoms with van der Waals surface area (Å²) >= 11 is 6.21. The van der Waals surface area contributed by atoms with E-state index in [-0.39, 0.29) is 11.6 Å². The van der Waals surface area contributed by atoms with E-state index in [4.69, 9.17) is 17.3 Å². The van der Waals surface area contributed by atoms with Crippen LogP contribution in [-0.4, -0.2) is 11.5 Å². The summed E-state index contributed by atoms with van der Waals surface area (Å²) in [7, 11) is 0. The predicted octanol–water partition coefficient (Wildman–Crippen LogP) is 3.87. The summed E-state index contributed by atoms with van der Waals surface area (Å²) in [5, 5.41) is 11.2. The highest BCUT2D eigenvalue weighted by atomic mass is 35.5. The SMILES string of the molecule is NCC(c1ccc([N+](=O)[O-])cc1Cl)C1CCCCC1. The molecule has 0 heterocycles. The van der Waals surface area contributed by atoms with Gasteiger partial charge in [-0.1, -0.05) is 36.9 Å². The molecule has 0 spiro atoms. The summed E-state index contributed by atoms with van der Waals surface area (Å²) in [5.41, 5.74) is 6.91. The van der Waals surface area contributed by atoms with Gasteiger partial charge >= 0.3 is 0 Å². The molecule has 5 heteroatoms. The van der Waals surface area contributed by atoms with E-state index in [2.05, 4.69) is 0 Å². The van der Waals surface area contributed by atoms with Gasteiger partial charge in [-0.05, 0) is 30.9 Å². The zero-order valence-corrected chi connectivity index (χ0v) is 11.6. The van der Waals surface area contributed by atoms with Crippen LogP contribution in [0, 0.1) is 16.0 Å². The standard InChI is InChI=1S/C14H19ClN2O2/c15-14-8-11(17(18)19)6-7-12(14)13(9-16)10-4-2-1-3-5-10/h6-8,10,13H,1-5,9,16H2. The third-order valence-electron chi connectivity index (χ3n) is 4.07. The zero-order valence-electron chi connectivity index (χ0n) is 10.8. The van der Waals surface area contributed by atoms with Crippen LogP contribution in [-0.2, 0) is 0 Å². The van der Waals surface area contributed by atoms with Crippen molar-refractivity contribution in [2.75, 3.05) is 6.54 Å². The lowest BCUT2D eigenvalue weighted by atomic mass is 9.77. The number of hydrogen-bond donors (Lipinski definition) is 1. The molecule has 0 aliphatic heterocycles. The molecule has 1 aliphatic carbocycles. The van der Waals surface area contributed by atoms with Crippen LogP contribution in [0.5, 0.6) is 0 Å². The van der Waals surface area contributed by atoms with Crippen molar-refractivity contribution in [3.8, 4) is 0 Å². The average Bonchev–Trinajstić information content (AvgIpc) is 2.42. The van der Waals surface area contributed by atoms with Crippen molar-refractivity contribution < 1.29 is 4.92 Å². The lowest BCUT2D eigenvalue weighted by Crippen LogP contribution is -2.23. The van der Waals surface area contributed by atoms with Crippen LogP contribution >= 0.6 is 11.6 Å². The number of nitrogens with zero attached hydrogens (tertiary/aromatic N) is 1. The van der Waals surface area contributed by atoms with Crippen LogP contribution in [0.3, 0.4) is 0 Å². The van der Waals surface area contributed by atoms with Crippen LogP contribution in [0.2, 0.25) is 5.02 Å². The number of nitro groups is 1. The number of non-ortho nitro benzene ring substituents is 1. The van der Waals surface area contributed by atoms with Crippen LogP contribution < -0.4 is 5.73 Å². The maximum atomic E-state index is 10.7. The molecule has 1 atom stereocenters. The van der Waals surface area contributed by atoms with E-state index in [1.807, 2.05) is 0 Å². The second-order valence-electron chi connectivity index (χ2n) is 5.20. The van der Waals surface area contributed by atoms with Crippen LogP contribution in [0.25, 0.3) is 0 Å². The van der Waals surface area contributed by atoms with Gasteiger partial charge in [0.05, 0.1) is 9.95 Å². The first-order chi connectivity index (χ1) is 9.13. The second kappa shape index (κ2) is 6.35. The van der Waals surface area contributed by atoms with Gasteiger partial charge in [-0.15, -0.1) is 0 Å². The van der Waals surface area contributed by atoms with Gasteiger partial charge < -0.3 is 5.73 Å². The minimum absolute atomic E-state index is 0.0353. The fourth-order valence-electron chi connectivity index (χ4n) is 3.04.